The topological polar surface area (TPSA) is 59.8 Å². The average molecular weight is 390 g/mol. The summed E-state index contributed by atoms with van der Waals surface area (Å²) in [4.78, 5) is 15.9. The third-order valence-corrected chi connectivity index (χ3v) is 3.67. The van der Waals surface area contributed by atoms with Gasteiger partial charge in [-0.05, 0) is 42.8 Å². The van der Waals surface area contributed by atoms with Crippen molar-refractivity contribution in [2.75, 3.05) is 5.32 Å². The number of aryl methyl sites for hydroxylation is 1. The van der Waals surface area contributed by atoms with Gasteiger partial charge in [-0.1, -0.05) is 12.1 Å². The van der Waals surface area contributed by atoms with Crippen molar-refractivity contribution < 1.29 is 22.4 Å². The van der Waals surface area contributed by atoms with Gasteiger partial charge < -0.3 is 5.32 Å². The number of hydrogen-bond donors (Lipinski definition) is 1. The van der Waals surface area contributed by atoms with Crippen LogP contribution >= 0.6 is 0 Å². The number of aromatic nitrogens is 3. The summed E-state index contributed by atoms with van der Waals surface area (Å²) in [5, 5.41) is 6.74. The van der Waals surface area contributed by atoms with Gasteiger partial charge in [0.05, 0.1) is 11.3 Å². The van der Waals surface area contributed by atoms with Crippen LogP contribution in [0.4, 0.5) is 23.4 Å². The molecule has 144 valence electrons. The number of amides is 1. The third kappa shape index (κ3) is 4.61. The minimum absolute atomic E-state index is 0.124. The van der Waals surface area contributed by atoms with Crippen LogP contribution in [0.5, 0.6) is 0 Å². The highest BCUT2D eigenvalue weighted by molar-refractivity contribution is 6.01. The normalized spacial score (nSPS) is 11.8. The zero-order valence-electron chi connectivity index (χ0n) is 14.5. The van der Waals surface area contributed by atoms with E-state index in [1.807, 2.05) is 0 Å². The largest absolute Gasteiger partial charge is 0.417 e. The summed E-state index contributed by atoms with van der Waals surface area (Å²) in [5.74, 6) is -0.500. The fourth-order valence-electron chi connectivity index (χ4n) is 2.36. The Balaban J connectivity index is 1.78. The van der Waals surface area contributed by atoms with Crippen molar-refractivity contribution in [1.29, 1.82) is 0 Å². The van der Waals surface area contributed by atoms with Crippen molar-refractivity contribution in [3.05, 3.63) is 77.4 Å². The molecule has 0 spiro atoms. The van der Waals surface area contributed by atoms with Crippen molar-refractivity contribution in [1.82, 2.24) is 14.8 Å². The Morgan fingerprint density at radius 1 is 1.14 bits per heavy atom. The molecule has 3 rings (SSSR count). The van der Waals surface area contributed by atoms with Crippen LogP contribution in [0.25, 0.3) is 11.9 Å². The van der Waals surface area contributed by atoms with Crippen LogP contribution in [0.3, 0.4) is 0 Å². The molecule has 0 bridgehead atoms. The molecule has 2 aromatic heterocycles. The quantitative estimate of drug-likeness (QED) is 0.531. The summed E-state index contributed by atoms with van der Waals surface area (Å²) >= 11 is 0. The molecule has 3 aromatic rings. The van der Waals surface area contributed by atoms with Gasteiger partial charge in [0, 0.05) is 18.3 Å². The summed E-state index contributed by atoms with van der Waals surface area (Å²) in [7, 11) is 0. The van der Waals surface area contributed by atoms with E-state index in [4.69, 9.17) is 0 Å². The molecule has 1 aromatic carbocycles. The first kappa shape index (κ1) is 19.3. The van der Waals surface area contributed by atoms with Crippen molar-refractivity contribution in [2.45, 2.75) is 13.1 Å². The second-order valence-corrected chi connectivity index (χ2v) is 5.86. The van der Waals surface area contributed by atoms with Gasteiger partial charge in [-0.15, -0.1) is 0 Å². The molecule has 0 fully saturated rings. The Bertz CT molecular complexity index is 1010. The maximum absolute atomic E-state index is 12.9. The van der Waals surface area contributed by atoms with Crippen LogP contribution in [0, 0.1) is 12.7 Å². The second-order valence-electron chi connectivity index (χ2n) is 5.86. The Kier molecular flexibility index (Phi) is 5.25. The van der Waals surface area contributed by atoms with E-state index in [-0.39, 0.29) is 17.5 Å². The van der Waals surface area contributed by atoms with E-state index in [2.05, 4.69) is 15.4 Å². The molecule has 9 heteroatoms. The van der Waals surface area contributed by atoms with Gasteiger partial charge in [0.25, 0.3) is 0 Å². The summed E-state index contributed by atoms with van der Waals surface area (Å²) in [6, 6.07) is 9.18. The number of carbonyl (C=O) groups excluding carboxylic acids is 1. The summed E-state index contributed by atoms with van der Waals surface area (Å²) in [6.07, 6.45) is -1.04. The number of anilines is 1. The number of rotatable bonds is 4. The molecule has 5 nitrogen and oxygen atoms in total. The first-order chi connectivity index (χ1) is 13.2. The second kappa shape index (κ2) is 7.63. The van der Waals surface area contributed by atoms with Crippen LogP contribution in [-0.2, 0) is 11.0 Å². The lowest BCUT2D eigenvalue weighted by atomic mass is 10.2. The monoisotopic (exact) mass is 390 g/mol. The smallest absolute Gasteiger partial charge is 0.307 e. The Labute approximate surface area is 157 Å². The van der Waals surface area contributed by atoms with E-state index >= 15 is 0 Å². The number of alkyl halides is 3. The van der Waals surface area contributed by atoms with Crippen molar-refractivity contribution in [2.24, 2.45) is 0 Å². The summed E-state index contributed by atoms with van der Waals surface area (Å²) in [6.45, 7) is 1.67. The van der Waals surface area contributed by atoms with Crippen molar-refractivity contribution in [3.63, 3.8) is 0 Å². The van der Waals surface area contributed by atoms with Gasteiger partial charge in [0.15, 0.2) is 5.82 Å². The molecule has 0 saturated heterocycles. The maximum Gasteiger partial charge on any atom is 0.417 e. The lowest BCUT2D eigenvalue weighted by Crippen LogP contribution is -2.13. The standard InChI is InChI=1S/C19H14F4N4O/c1-12-10-17(25-18(28)9-4-13-2-6-15(20)7-3-13)27(26-12)16-8-5-14(11-24-16)19(21,22)23/h2-11H,1H3,(H,25,28). The molecule has 0 unspecified atom stereocenters. The van der Waals surface area contributed by atoms with E-state index in [0.29, 0.717) is 17.5 Å². The molecule has 0 aliphatic carbocycles. The number of benzene rings is 1. The lowest BCUT2D eigenvalue weighted by Gasteiger charge is -2.09. The maximum atomic E-state index is 12.9. The highest BCUT2D eigenvalue weighted by Gasteiger charge is 2.30. The van der Waals surface area contributed by atoms with Crippen LogP contribution in [-0.4, -0.2) is 20.7 Å². The molecular formula is C19H14F4N4O. The highest BCUT2D eigenvalue weighted by Crippen LogP contribution is 2.29. The zero-order valence-corrected chi connectivity index (χ0v) is 14.5. The Morgan fingerprint density at radius 3 is 2.46 bits per heavy atom. The predicted molar refractivity (Wildman–Crippen MR) is 95.2 cm³/mol. The molecule has 1 amide bonds. The Hall–Kier alpha value is -3.49. The van der Waals surface area contributed by atoms with Gasteiger partial charge in [0.2, 0.25) is 5.91 Å². The van der Waals surface area contributed by atoms with Crippen molar-refractivity contribution >= 4 is 17.8 Å². The van der Waals surface area contributed by atoms with Gasteiger partial charge in [-0.2, -0.15) is 23.0 Å². The molecular weight excluding hydrogens is 376 g/mol. The van der Waals surface area contributed by atoms with Gasteiger partial charge >= 0.3 is 6.18 Å². The van der Waals surface area contributed by atoms with Crippen LogP contribution < -0.4 is 5.32 Å². The van der Waals surface area contributed by atoms with Gasteiger partial charge in [-0.3, -0.25) is 4.79 Å². The van der Waals surface area contributed by atoms with E-state index < -0.39 is 17.6 Å². The molecule has 0 atom stereocenters. The number of halogens is 4. The molecule has 0 saturated carbocycles. The van der Waals surface area contributed by atoms with Gasteiger partial charge in [-0.25, -0.2) is 9.37 Å². The van der Waals surface area contributed by atoms with Crippen LogP contribution in [0.2, 0.25) is 0 Å². The number of nitrogens with zero attached hydrogens (tertiary/aromatic N) is 3. The molecule has 2 heterocycles. The van der Waals surface area contributed by atoms with Crippen LogP contribution in [0.15, 0.2) is 54.7 Å². The molecule has 0 aliphatic rings. The van der Waals surface area contributed by atoms with E-state index in [1.165, 1.54) is 47.2 Å². The summed E-state index contributed by atoms with van der Waals surface area (Å²) in [5.41, 5.74) is 0.290. The first-order valence-electron chi connectivity index (χ1n) is 8.07. The predicted octanol–water partition coefficient (Wildman–Crippen LogP) is 4.39. The fraction of sp³-hybridized carbons (Fsp3) is 0.105. The van der Waals surface area contributed by atoms with E-state index in [1.54, 1.807) is 13.0 Å². The van der Waals surface area contributed by atoms with Crippen molar-refractivity contribution in [3.8, 4) is 5.82 Å². The highest BCUT2D eigenvalue weighted by atomic mass is 19.4. The number of hydrogen-bond acceptors (Lipinski definition) is 3. The average Bonchev–Trinajstić information content (AvgIpc) is 3.01. The molecule has 0 aliphatic heterocycles. The summed E-state index contributed by atoms with van der Waals surface area (Å²) < 4.78 is 52.2. The SMILES string of the molecule is Cc1cc(NC(=O)C=Cc2ccc(F)cc2)n(-c2ccc(C(F)(F)F)cn2)n1. The molecule has 1 N–H and O–H groups in total. The number of pyridine rings is 1. The first-order valence-corrected chi connectivity index (χ1v) is 8.07. The minimum Gasteiger partial charge on any atom is -0.307 e. The number of carbonyl (C=O) groups is 1. The fourth-order valence-corrected chi connectivity index (χ4v) is 2.36. The minimum atomic E-state index is -4.49. The number of nitrogens with one attached hydrogen (secondary N) is 1. The van der Waals surface area contributed by atoms with E-state index in [9.17, 15) is 22.4 Å². The Morgan fingerprint density at radius 2 is 1.86 bits per heavy atom. The third-order valence-electron chi connectivity index (χ3n) is 3.67. The molecule has 28 heavy (non-hydrogen) atoms. The zero-order chi connectivity index (χ0) is 20.3. The van der Waals surface area contributed by atoms with E-state index in [0.717, 1.165) is 6.07 Å². The van der Waals surface area contributed by atoms with Crippen LogP contribution in [0.1, 0.15) is 16.8 Å². The molecule has 0 radical (unpaired) electrons. The lowest BCUT2D eigenvalue weighted by molar-refractivity contribution is -0.137. The van der Waals surface area contributed by atoms with Gasteiger partial charge in [0.1, 0.15) is 11.6 Å².